The van der Waals surface area contributed by atoms with Crippen molar-refractivity contribution in [3.8, 4) is 0 Å². The van der Waals surface area contributed by atoms with Crippen LogP contribution >= 0.6 is 0 Å². The third kappa shape index (κ3) is 6.16. The van der Waals surface area contributed by atoms with Gasteiger partial charge in [-0.05, 0) is 39.7 Å². The highest BCUT2D eigenvalue weighted by atomic mass is 16.5. The number of aryl methyl sites for hydroxylation is 1. The zero-order chi connectivity index (χ0) is 13.9. The molecule has 5 heteroatoms. The number of aromatic nitrogens is 3. The first kappa shape index (κ1) is 16.1. The molecule has 1 heterocycles. The Bertz CT molecular complexity index is 327. The molecule has 0 bridgehead atoms. The third-order valence-corrected chi connectivity index (χ3v) is 3.15. The highest BCUT2D eigenvalue weighted by molar-refractivity contribution is 4.89. The van der Waals surface area contributed by atoms with Gasteiger partial charge in [0.25, 0.3) is 0 Å². The summed E-state index contributed by atoms with van der Waals surface area (Å²) in [6, 6.07) is 0.468. The number of hydrogen-bond donors (Lipinski definition) is 1. The lowest BCUT2D eigenvalue weighted by molar-refractivity contribution is 0.140. The quantitative estimate of drug-likeness (QED) is 0.624. The molecule has 0 aliphatic rings. The van der Waals surface area contributed by atoms with Crippen molar-refractivity contribution in [3.05, 3.63) is 12.2 Å². The Labute approximate surface area is 116 Å². The summed E-state index contributed by atoms with van der Waals surface area (Å²) in [6.45, 7) is 9.92. The monoisotopic (exact) mass is 268 g/mol. The second-order valence-electron chi connectivity index (χ2n) is 4.69. The minimum absolute atomic E-state index is 0.468. The molecule has 0 fully saturated rings. The van der Waals surface area contributed by atoms with Gasteiger partial charge in [-0.1, -0.05) is 6.92 Å². The van der Waals surface area contributed by atoms with Crippen LogP contribution < -0.4 is 5.32 Å². The molecule has 1 aromatic rings. The van der Waals surface area contributed by atoms with Crippen LogP contribution in [0.5, 0.6) is 0 Å². The molecule has 0 spiro atoms. The Kier molecular flexibility index (Phi) is 8.41. The molecular weight excluding hydrogens is 240 g/mol. The maximum absolute atomic E-state index is 5.41. The Morgan fingerprint density at radius 1 is 1.37 bits per heavy atom. The minimum Gasteiger partial charge on any atom is -0.382 e. The fourth-order valence-corrected chi connectivity index (χ4v) is 2.13. The van der Waals surface area contributed by atoms with E-state index in [9.17, 15) is 0 Å². The number of hydrogen-bond acceptors (Lipinski definition) is 4. The molecule has 1 N–H and O–H groups in total. The van der Waals surface area contributed by atoms with Crippen LogP contribution in [0.15, 0.2) is 6.33 Å². The molecule has 19 heavy (non-hydrogen) atoms. The van der Waals surface area contributed by atoms with Crippen molar-refractivity contribution >= 4 is 0 Å². The van der Waals surface area contributed by atoms with Crippen molar-refractivity contribution in [2.75, 3.05) is 19.8 Å². The topological polar surface area (TPSA) is 52.0 Å². The molecule has 0 saturated carbocycles. The van der Waals surface area contributed by atoms with E-state index in [0.717, 1.165) is 57.8 Å². The molecule has 0 amide bonds. The lowest BCUT2D eigenvalue weighted by Crippen LogP contribution is -2.33. The van der Waals surface area contributed by atoms with Crippen LogP contribution in [-0.4, -0.2) is 40.6 Å². The largest absolute Gasteiger partial charge is 0.382 e. The van der Waals surface area contributed by atoms with Gasteiger partial charge in [-0.15, -0.1) is 0 Å². The van der Waals surface area contributed by atoms with Crippen LogP contribution in [-0.2, 0) is 17.7 Å². The van der Waals surface area contributed by atoms with E-state index in [1.807, 2.05) is 11.6 Å². The molecule has 5 nitrogen and oxygen atoms in total. The Balaban J connectivity index is 2.43. The summed E-state index contributed by atoms with van der Waals surface area (Å²) < 4.78 is 7.38. The molecule has 0 aromatic carbocycles. The molecule has 1 atom stereocenters. The van der Waals surface area contributed by atoms with Crippen LogP contribution in [0, 0.1) is 0 Å². The number of nitrogens with one attached hydrogen (secondary N) is 1. The Morgan fingerprint density at radius 3 is 2.89 bits per heavy atom. The van der Waals surface area contributed by atoms with E-state index in [0.29, 0.717) is 6.04 Å². The first-order valence-electron chi connectivity index (χ1n) is 7.49. The fourth-order valence-electron chi connectivity index (χ4n) is 2.13. The Hall–Kier alpha value is -0.940. The van der Waals surface area contributed by atoms with Crippen molar-refractivity contribution in [3.63, 3.8) is 0 Å². The molecular formula is C14H28N4O. The van der Waals surface area contributed by atoms with Crippen molar-refractivity contribution in [2.45, 2.75) is 59.0 Å². The maximum atomic E-state index is 5.41. The lowest BCUT2D eigenvalue weighted by atomic mass is 10.1. The SMILES string of the molecule is CCCNC(CCCOCC)Cc1ncnn1CC. The average Bonchev–Trinajstić information content (AvgIpc) is 2.87. The van der Waals surface area contributed by atoms with E-state index in [-0.39, 0.29) is 0 Å². The van der Waals surface area contributed by atoms with Gasteiger partial charge in [0, 0.05) is 32.2 Å². The number of ether oxygens (including phenoxy) is 1. The lowest BCUT2D eigenvalue weighted by Gasteiger charge is -2.18. The summed E-state index contributed by atoms with van der Waals surface area (Å²) in [5.41, 5.74) is 0. The summed E-state index contributed by atoms with van der Waals surface area (Å²) in [7, 11) is 0. The summed E-state index contributed by atoms with van der Waals surface area (Å²) in [6.07, 6.45) is 5.96. The van der Waals surface area contributed by atoms with Gasteiger partial charge in [0.05, 0.1) is 0 Å². The standard InChI is InChI=1S/C14H28N4O/c1-4-9-15-13(8-7-10-19-6-3)11-14-16-12-17-18(14)5-2/h12-13,15H,4-11H2,1-3H3. The number of rotatable bonds is 11. The van der Waals surface area contributed by atoms with Gasteiger partial charge in [0.15, 0.2) is 0 Å². The van der Waals surface area contributed by atoms with E-state index in [1.165, 1.54) is 0 Å². The van der Waals surface area contributed by atoms with Crippen LogP contribution in [0.4, 0.5) is 0 Å². The van der Waals surface area contributed by atoms with Crippen LogP contribution in [0.3, 0.4) is 0 Å². The van der Waals surface area contributed by atoms with Gasteiger partial charge in [0.2, 0.25) is 0 Å². The highest BCUT2D eigenvalue weighted by Crippen LogP contribution is 2.06. The predicted molar refractivity (Wildman–Crippen MR) is 77.2 cm³/mol. The Morgan fingerprint density at radius 2 is 2.21 bits per heavy atom. The van der Waals surface area contributed by atoms with Gasteiger partial charge in [-0.2, -0.15) is 5.10 Å². The predicted octanol–water partition coefficient (Wildman–Crippen LogP) is 2.03. The molecule has 1 rings (SSSR count). The summed E-state index contributed by atoms with van der Waals surface area (Å²) in [5.74, 6) is 1.08. The zero-order valence-corrected chi connectivity index (χ0v) is 12.6. The molecule has 0 aliphatic heterocycles. The molecule has 110 valence electrons. The van der Waals surface area contributed by atoms with Crippen LogP contribution in [0.1, 0.15) is 45.9 Å². The summed E-state index contributed by atoms with van der Waals surface area (Å²) in [5, 5.41) is 7.83. The zero-order valence-electron chi connectivity index (χ0n) is 12.6. The van der Waals surface area contributed by atoms with Crippen LogP contribution in [0.2, 0.25) is 0 Å². The molecule has 0 radical (unpaired) electrons. The first-order chi connectivity index (χ1) is 9.31. The van der Waals surface area contributed by atoms with Gasteiger partial charge < -0.3 is 10.1 Å². The van der Waals surface area contributed by atoms with Crippen molar-refractivity contribution < 1.29 is 4.74 Å². The van der Waals surface area contributed by atoms with Gasteiger partial charge in [-0.3, -0.25) is 4.68 Å². The van der Waals surface area contributed by atoms with Gasteiger partial charge in [-0.25, -0.2) is 4.98 Å². The second-order valence-corrected chi connectivity index (χ2v) is 4.69. The maximum Gasteiger partial charge on any atom is 0.138 e. The van der Waals surface area contributed by atoms with Crippen molar-refractivity contribution in [2.24, 2.45) is 0 Å². The van der Waals surface area contributed by atoms with E-state index in [2.05, 4.69) is 29.2 Å². The first-order valence-corrected chi connectivity index (χ1v) is 7.49. The van der Waals surface area contributed by atoms with E-state index in [1.54, 1.807) is 6.33 Å². The van der Waals surface area contributed by atoms with E-state index in [4.69, 9.17) is 4.74 Å². The summed E-state index contributed by atoms with van der Waals surface area (Å²) in [4.78, 5) is 4.36. The third-order valence-electron chi connectivity index (χ3n) is 3.15. The molecule has 0 aliphatic carbocycles. The normalized spacial score (nSPS) is 12.8. The second kappa shape index (κ2) is 9.92. The molecule has 1 unspecified atom stereocenters. The van der Waals surface area contributed by atoms with Crippen LogP contribution in [0.25, 0.3) is 0 Å². The molecule has 0 saturated heterocycles. The fraction of sp³-hybridized carbons (Fsp3) is 0.857. The van der Waals surface area contributed by atoms with Crippen molar-refractivity contribution in [1.29, 1.82) is 0 Å². The smallest absolute Gasteiger partial charge is 0.138 e. The average molecular weight is 268 g/mol. The van der Waals surface area contributed by atoms with E-state index >= 15 is 0 Å². The van der Waals surface area contributed by atoms with Crippen molar-refractivity contribution in [1.82, 2.24) is 20.1 Å². The highest BCUT2D eigenvalue weighted by Gasteiger charge is 2.12. The van der Waals surface area contributed by atoms with E-state index < -0.39 is 0 Å². The number of nitrogens with zero attached hydrogens (tertiary/aromatic N) is 3. The van der Waals surface area contributed by atoms with Gasteiger partial charge in [0.1, 0.15) is 12.2 Å². The van der Waals surface area contributed by atoms with Gasteiger partial charge >= 0.3 is 0 Å². The summed E-state index contributed by atoms with van der Waals surface area (Å²) >= 11 is 0. The minimum atomic E-state index is 0.468. The molecule has 1 aromatic heterocycles.